The molecule has 0 radical (unpaired) electrons. The number of benzene rings is 2. The first-order valence-corrected chi connectivity index (χ1v) is 13.0. The fourth-order valence-corrected chi connectivity index (χ4v) is 5.26. The number of aryl methyl sites for hydroxylation is 2. The molecule has 2 heterocycles. The first-order chi connectivity index (χ1) is 18.0. The molecule has 2 aromatic carbocycles. The Balaban J connectivity index is 1.51. The van der Waals surface area contributed by atoms with Crippen LogP contribution in [0.5, 0.6) is 5.75 Å². The van der Waals surface area contributed by atoms with Gasteiger partial charge in [-0.25, -0.2) is 4.98 Å². The molecule has 1 N–H and O–H groups in total. The lowest BCUT2D eigenvalue weighted by Crippen LogP contribution is -2.28. The predicted octanol–water partition coefficient (Wildman–Crippen LogP) is 6.41. The van der Waals surface area contributed by atoms with E-state index in [9.17, 15) is 10.1 Å². The molecule has 1 aliphatic carbocycles. The molecule has 3 aromatic rings. The fourth-order valence-electron chi connectivity index (χ4n) is 5.26. The first-order valence-electron chi connectivity index (χ1n) is 13.0. The van der Waals surface area contributed by atoms with Crippen LogP contribution in [0.15, 0.2) is 65.0 Å². The van der Waals surface area contributed by atoms with E-state index in [1.165, 1.54) is 5.57 Å². The van der Waals surface area contributed by atoms with Gasteiger partial charge in [0, 0.05) is 18.2 Å². The Morgan fingerprint density at radius 2 is 2.03 bits per heavy atom. The fraction of sp³-hybridized carbons (Fsp3) is 0.323. The zero-order valence-corrected chi connectivity index (χ0v) is 21.4. The van der Waals surface area contributed by atoms with Crippen LogP contribution >= 0.6 is 0 Å². The number of nitrogens with zero attached hydrogens (tertiary/aromatic N) is 3. The highest BCUT2D eigenvalue weighted by atomic mass is 16.5. The van der Waals surface area contributed by atoms with Gasteiger partial charge in [0.25, 0.3) is 5.56 Å². The van der Waals surface area contributed by atoms with Gasteiger partial charge in [-0.05, 0) is 80.0 Å². The van der Waals surface area contributed by atoms with E-state index < -0.39 is 6.23 Å². The summed E-state index contributed by atoms with van der Waals surface area (Å²) >= 11 is 0. The molecule has 6 nitrogen and oxygen atoms in total. The average Bonchev–Trinajstić information content (AvgIpc) is 3.29. The number of rotatable bonds is 7. The monoisotopic (exact) mass is 491 g/mol. The third-order valence-electron chi connectivity index (χ3n) is 7.21. The maximum absolute atomic E-state index is 14.0. The molecular weight excluding hydrogens is 460 g/mol. The Labute approximate surface area is 217 Å². The van der Waals surface area contributed by atoms with E-state index in [0.717, 1.165) is 71.5 Å². The second-order valence-corrected chi connectivity index (χ2v) is 9.78. The summed E-state index contributed by atoms with van der Waals surface area (Å²) in [7, 11) is 0. The van der Waals surface area contributed by atoms with Gasteiger partial charge in [-0.2, -0.15) is 5.26 Å². The summed E-state index contributed by atoms with van der Waals surface area (Å²) in [6.07, 6.45) is 9.18. The van der Waals surface area contributed by atoms with Gasteiger partial charge in [0.05, 0.1) is 23.0 Å². The number of allylic oxidation sites excluding steroid dienone is 4. The summed E-state index contributed by atoms with van der Waals surface area (Å²) in [4.78, 5) is 18.9. The van der Waals surface area contributed by atoms with Crippen LogP contribution in [0.25, 0.3) is 17.0 Å². The minimum atomic E-state index is -0.593. The van der Waals surface area contributed by atoms with Gasteiger partial charge >= 0.3 is 0 Å². The summed E-state index contributed by atoms with van der Waals surface area (Å²) in [6.45, 7) is 4.04. The minimum Gasteiger partial charge on any atom is -0.641 e. The molecule has 1 atom stereocenters. The van der Waals surface area contributed by atoms with Crippen molar-refractivity contribution in [3.63, 3.8) is 0 Å². The highest BCUT2D eigenvalue weighted by Gasteiger charge is 2.21. The number of hydrogen-bond acceptors (Lipinski definition) is 4. The van der Waals surface area contributed by atoms with Crippen molar-refractivity contribution in [3.05, 3.63) is 110 Å². The van der Waals surface area contributed by atoms with Gasteiger partial charge in [0.2, 0.25) is 0 Å². The van der Waals surface area contributed by atoms with Gasteiger partial charge in [-0.3, -0.25) is 9.36 Å². The number of ether oxygens (including phenoxy) is 1. The molecule has 188 valence electrons. The van der Waals surface area contributed by atoms with Crippen LogP contribution in [-0.2, 0) is 19.3 Å². The van der Waals surface area contributed by atoms with Gasteiger partial charge in [0.1, 0.15) is 11.6 Å². The van der Waals surface area contributed by atoms with Crippen molar-refractivity contribution in [3.8, 4) is 17.5 Å². The van der Waals surface area contributed by atoms with Crippen LogP contribution in [-0.4, -0.2) is 15.8 Å². The van der Waals surface area contributed by atoms with Gasteiger partial charge in [-0.15, -0.1) is 0 Å². The SMILES string of the molecule is CCCCc1nc(C)n(-c2ccc3c(c2)CC([NH-])O3)c(=O)c1CC1=CC=C(c2ccccc2C#N)CC1. The van der Waals surface area contributed by atoms with E-state index in [1.54, 1.807) is 4.57 Å². The highest BCUT2D eigenvalue weighted by Crippen LogP contribution is 2.32. The molecule has 0 bridgehead atoms. The van der Waals surface area contributed by atoms with Crippen LogP contribution in [0.1, 0.15) is 66.4 Å². The molecule has 1 aromatic heterocycles. The topological polar surface area (TPSA) is 91.7 Å². The van der Waals surface area contributed by atoms with E-state index >= 15 is 0 Å². The lowest BCUT2D eigenvalue weighted by Gasteiger charge is -2.19. The Morgan fingerprint density at radius 1 is 1.19 bits per heavy atom. The zero-order chi connectivity index (χ0) is 25.9. The minimum absolute atomic E-state index is 0.0228. The number of nitriles is 1. The van der Waals surface area contributed by atoms with Crippen molar-refractivity contribution >= 4 is 5.57 Å². The summed E-state index contributed by atoms with van der Waals surface area (Å²) < 4.78 is 7.24. The van der Waals surface area contributed by atoms with Gasteiger partial charge in [-0.1, -0.05) is 49.3 Å². The van der Waals surface area contributed by atoms with Crippen molar-refractivity contribution < 1.29 is 4.74 Å². The lowest BCUT2D eigenvalue weighted by molar-refractivity contribution is 0.284. The third-order valence-corrected chi connectivity index (χ3v) is 7.21. The molecule has 5 rings (SSSR count). The first kappa shape index (κ1) is 24.7. The second-order valence-electron chi connectivity index (χ2n) is 9.78. The van der Waals surface area contributed by atoms with E-state index in [1.807, 2.05) is 49.4 Å². The molecule has 0 fully saturated rings. The molecule has 0 saturated heterocycles. The van der Waals surface area contributed by atoms with Crippen molar-refractivity contribution in [2.45, 2.75) is 65.0 Å². The average molecular weight is 492 g/mol. The smallest absolute Gasteiger partial charge is 0.261 e. The zero-order valence-electron chi connectivity index (χ0n) is 21.4. The lowest BCUT2D eigenvalue weighted by atomic mass is 9.88. The van der Waals surface area contributed by atoms with Gasteiger partial charge in [0.15, 0.2) is 0 Å². The van der Waals surface area contributed by atoms with Crippen molar-refractivity contribution in [1.29, 1.82) is 5.26 Å². The Bertz CT molecular complexity index is 1510. The summed E-state index contributed by atoms with van der Waals surface area (Å²) in [5, 5.41) is 9.48. The van der Waals surface area contributed by atoms with Crippen molar-refractivity contribution in [2.75, 3.05) is 0 Å². The molecule has 0 saturated carbocycles. The maximum Gasteiger partial charge on any atom is 0.261 e. The molecule has 2 aliphatic rings. The summed E-state index contributed by atoms with van der Waals surface area (Å²) in [5.74, 6) is 1.39. The molecule has 0 amide bonds. The molecule has 6 heteroatoms. The molecule has 37 heavy (non-hydrogen) atoms. The summed E-state index contributed by atoms with van der Waals surface area (Å²) in [6, 6.07) is 15.7. The highest BCUT2D eigenvalue weighted by molar-refractivity contribution is 5.73. The van der Waals surface area contributed by atoms with Gasteiger partial charge < -0.3 is 10.5 Å². The van der Waals surface area contributed by atoms with Crippen LogP contribution in [0.3, 0.4) is 0 Å². The molecule has 1 unspecified atom stereocenters. The number of unbranched alkanes of at least 4 members (excludes halogenated alkanes) is 1. The van der Waals surface area contributed by atoms with Crippen LogP contribution < -0.4 is 10.3 Å². The van der Waals surface area contributed by atoms with Crippen molar-refractivity contribution in [1.82, 2.24) is 9.55 Å². The largest absolute Gasteiger partial charge is 0.641 e. The van der Waals surface area contributed by atoms with Crippen LogP contribution in [0.2, 0.25) is 0 Å². The number of nitrogens with one attached hydrogen (secondary N) is 1. The Morgan fingerprint density at radius 3 is 2.78 bits per heavy atom. The Hall–Kier alpha value is -3.95. The van der Waals surface area contributed by atoms with Crippen LogP contribution in [0.4, 0.5) is 0 Å². The summed E-state index contributed by atoms with van der Waals surface area (Å²) in [5.41, 5.74) is 15.3. The maximum atomic E-state index is 14.0. The second kappa shape index (κ2) is 10.6. The normalized spacial score (nSPS) is 16.4. The van der Waals surface area contributed by atoms with E-state index in [2.05, 4.69) is 25.1 Å². The number of aromatic nitrogens is 2. The number of hydrogen-bond donors (Lipinski definition) is 0. The Kier molecular flexibility index (Phi) is 7.07. The quantitative estimate of drug-likeness (QED) is 0.381. The molecule has 0 spiro atoms. The van der Waals surface area contributed by atoms with E-state index in [4.69, 9.17) is 15.5 Å². The predicted molar refractivity (Wildman–Crippen MR) is 146 cm³/mol. The molecule has 1 aliphatic heterocycles. The van der Waals surface area contributed by atoms with E-state index in [-0.39, 0.29) is 5.56 Å². The van der Waals surface area contributed by atoms with Crippen LogP contribution in [0, 0.1) is 18.3 Å². The molecular formula is C31H31N4O2-. The van der Waals surface area contributed by atoms with E-state index in [0.29, 0.717) is 24.2 Å². The number of fused-ring (bicyclic) bond motifs is 1. The third kappa shape index (κ3) is 5.00. The van der Waals surface area contributed by atoms with Crippen molar-refractivity contribution in [2.24, 2.45) is 0 Å². The standard InChI is InChI=1S/C31H31N4O2/c1-3-4-9-28-27(16-21-10-12-22(13-11-21)26-8-6-5-7-23(26)19-32)31(36)35(20(2)34-28)25-14-15-29-24(17-25)18-30(33)37-29/h5-8,10,12,14-15,17,30,33H,3-4,9,11,13,16,18H2,1-2H3/q-1.